The quantitative estimate of drug-likeness (QED) is 0.696. The number of aryl methyl sites for hydroxylation is 1. The van der Waals surface area contributed by atoms with Crippen molar-refractivity contribution >= 4 is 9.84 Å². The molecule has 1 heterocycles. The van der Waals surface area contributed by atoms with Crippen LogP contribution in [0.2, 0.25) is 0 Å². The monoisotopic (exact) mass is 359 g/mol. The highest BCUT2D eigenvalue weighted by molar-refractivity contribution is 7.90. The predicted octanol–water partition coefficient (Wildman–Crippen LogP) is 4.41. The first kappa shape index (κ1) is 17.2. The van der Waals surface area contributed by atoms with Gasteiger partial charge >= 0.3 is 0 Å². The molecule has 0 atom stereocenters. The summed E-state index contributed by atoms with van der Waals surface area (Å²) in [6.07, 6.45) is 4.13. The van der Waals surface area contributed by atoms with Crippen LogP contribution in [0, 0.1) is 18.6 Å². The van der Waals surface area contributed by atoms with Crippen LogP contribution in [-0.2, 0) is 9.84 Å². The molecule has 3 aromatic rings. The molecule has 0 fully saturated rings. The average Bonchev–Trinajstić information content (AvgIpc) is 2.56. The maximum Gasteiger partial charge on any atom is 0.178 e. The lowest BCUT2D eigenvalue weighted by Crippen LogP contribution is -2.01. The van der Waals surface area contributed by atoms with Crippen molar-refractivity contribution in [2.75, 3.05) is 6.26 Å². The number of pyridine rings is 1. The smallest absolute Gasteiger partial charge is 0.178 e. The highest BCUT2D eigenvalue weighted by Gasteiger charge is 2.16. The van der Waals surface area contributed by atoms with Crippen LogP contribution in [0.25, 0.3) is 22.3 Å². The van der Waals surface area contributed by atoms with Gasteiger partial charge in [-0.05, 0) is 59.5 Å². The highest BCUT2D eigenvalue weighted by Crippen LogP contribution is 2.33. The topological polar surface area (TPSA) is 47.0 Å². The fraction of sp³-hybridized carbons (Fsp3) is 0.105. The van der Waals surface area contributed by atoms with Gasteiger partial charge in [-0.3, -0.25) is 4.98 Å². The number of sulfone groups is 1. The van der Waals surface area contributed by atoms with Crippen LogP contribution in [0.1, 0.15) is 5.56 Å². The third-order valence-corrected chi connectivity index (χ3v) is 5.06. The van der Waals surface area contributed by atoms with Crippen LogP contribution >= 0.6 is 0 Å². The van der Waals surface area contributed by atoms with E-state index in [9.17, 15) is 17.2 Å². The lowest BCUT2D eigenvalue weighted by molar-refractivity contribution is 0.571. The zero-order valence-corrected chi connectivity index (χ0v) is 14.4. The molecule has 2 aromatic carbocycles. The first-order valence-corrected chi connectivity index (χ1v) is 9.37. The molecule has 128 valence electrons. The van der Waals surface area contributed by atoms with Gasteiger partial charge in [0.15, 0.2) is 9.84 Å². The summed E-state index contributed by atoms with van der Waals surface area (Å²) in [7, 11) is -3.64. The zero-order chi connectivity index (χ0) is 18.2. The van der Waals surface area contributed by atoms with E-state index in [0.29, 0.717) is 16.7 Å². The minimum Gasteiger partial charge on any atom is -0.264 e. The summed E-state index contributed by atoms with van der Waals surface area (Å²) in [5.41, 5.74) is 3.15. The number of hydrogen-bond acceptors (Lipinski definition) is 3. The molecule has 0 aliphatic rings. The maximum absolute atomic E-state index is 14.2. The van der Waals surface area contributed by atoms with Gasteiger partial charge in [0.1, 0.15) is 16.5 Å². The Bertz CT molecular complexity index is 1060. The summed E-state index contributed by atoms with van der Waals surface area (Å²) in [5.74, 6) is -1.12. The Morgan fingerprint density at radius 1 is 0.880 bits per heavy atom. The van der Waals surface area contributed by atoms with Crippen molar-refractivity contribution in [3.8, 4) is 22.3 Å². The second kappa shape index (κ2) is 6.37. The second-order valence-corrected chi connectivity index (χ2v) is 7.79. The van der Waals surface area contributed by atoms with E-state index in [2.05, 4.69) is 4.98 Å². The van der Waals surface area contributed by atoms with Gasteiger partial charge in [0.2, 0.25) is 0 Å². The third-order valence-electron chi connectivity index (χ3n) is 3.93. The van der Waals surface area contributed by atoms with Crippen LogP contribution < -0.4 is 0 Å². The lowest BCUT2D eigenvalue weighted by atomic mass is 9.95. The molecule has 0 spiro atoms. The van der Waals surface area contributed by atoms with E-state index in [1.807, 2.05) is 0 Å². The normalized spacial score (nSPS) is 11.5. The Hall–Kier alpha value is -2.60. The van der Waals surface area contributed by atoms with Crippen LogP contribution in [0.4, 0.5) is 8.78 Å². The summed E-state index contributed by atoms with van der Waals surface area (Å²) in [5, 5.41) is 0. The Labute approximate surface area is 144 Å². The highest BCUT2D eigenvalue weighted by atomic mass is 32.2. The Morgan fingerprint density at radius 2 is 1.56 bits per heavy atom. The van der Waals surface area contributed by atoms with Crippen molar-refractivity contribution in [1.29, 1.82) is 0 Å². The van der Waals surface area contributed by atoms with Gasteiger partial charge in [-0.1, -0.05) is 12.1 Å². The van der Waals surface area contributed by atoms with E-state index < -0.39 is 15.7 Å². The predicted molar refractivity (Wildman–Crippen MR) is 92.9 cm³/mol. The van der Waals surface area contributed by atoms with Crippen LogP contribution in [0.5, 0.6) is 0 Å². The van der Waals surface area contributed by atoms with Crippen molar-refractivity contribution in [3.05, 3.63) is 72.1 Å². The molecule has 6 heteroatoms. The molecule has 0 radical (unpaired) electrons. The second-order valence-electron chi connectivity index (χ2n) is 5.80. The van der Waals surface area contributed by atoms with Gasteiger partial charge in [0.25, 0.3) is 0 Å². The van der Waals surface area contributed by atoms with Crippen molar-refractivity contribution in [1.82, 2.24) is 4.98 Å². The SMILES string of the molecule is Cc1cc(-c2ccncc2-c2ccc(S(C)(=O)=O)c(F)c2)ccc1F. The number of nitrogens with zero attached hydrogens (tertiary/aromatic N) is 1. The molecule has 0 aliphatic heterocycles. The van der Waals surface area contributed by atoms with Crippen LogP contribution in [0.3, 0.4) is 0 Å². The molecule has 0 aliphatic carbocycles. The van der Waals surface area contributed by atoms with Crippen molar-refractivity contribution in [2.45, 2.75) is 11.8 Å². The molecule has 3 rings (SSSR count). The van der Waals surface area contributed by atoms with E-state index in [0.717, 1.165) is 17.4 Å². The first-order chi connectivity index (χ1) is 11.8. The number of rotatable bonds is 3. The lowest BCUT2D eigenvalue weighted by Gasteiger charge is -2.11. The standard InChI is InChI=1S/C19H15F2NO2S/c1-12-9-13(3-5-17(12)20)15-7-8-22-11-16(15)14-4-6-19(18(21)10-14)25(2,23)24/h3-11H,1-2H3. The molecule has 0 saturated heterocycles. The number of halogens is 2. The molecule has 0 bridgehead atoms. The summed E-state index contributed by atoms with van der Waals surface area (Å²) < 4.78 is 50.9. The molecule has 0 N–H and O–H groups in total. The fourth-order valence-electron chi connectivity index (χ4n) is 2.66. The van der Waals surface area contributed by atoms with E-state index in [-0.39, 0.29) is 10.7 Å². The van der Waals surface area contributed by atoms with Gasteiger partial charge < -0.3 is 0 Å². The summed E-state index contributed by atoms with van der Waals surface area (Å²) in [6, 6.07) is 10.4. The Morgan fingerprint density at radius 3 is 2.20 bits per heavy atom. The van der Waals surface area contributed by atoms with E-state index in [4.69, 9.17) is 0 Å². The molecule has 3 nitrogen and oxygen atoms in total. The van der Waals surface area contributed by atoms with Gasteiger partial charge in [0, 0.05) is 24.2 Å². The van der Waals surface area contributed by atoms with E-state index in [1.165, 1.54) is 24.3 Å². The first-order valence-electron chi connectivity index (χ1n) is 7.48. The van der Waals surface area contributed by atoms with Gasteiger partial charge in [-0.2, -0.15) is 0 Å². The maximum atomic E-state index is 14.2. The van der Waals surface area contributed by atoms with Crippen LogP contribution in [0.15, 0.2) is 59.8 Å². The van der Waals surface area contributed by atoms with E-state index >= 15 is 0 Å². The van der Waals surface area contributed by atoms with Crippen molar-refractivity contribution in [2.24, 2.45) is 0 Å². The van der Waals surface area contributed by atoms with Crippen molar-refractivity contribution in [3.63, 3.8) is 0 Å². The zero-order valence-electron chi connectivity index (χ0n) is 13.6. The number of hydrogen-bond donors (Lipinski definition) is 0. The van der Waals surface area contributed by atoms with Crippen molar-refractivity contribution < 1.29 is 17.2 Å². The number of benzene rings is 2. The van der Waals surface area contributed by atoms with Gasteiger partial charge in [0.05, 0.1) is 0 Å². The molecule has 0 saturated carbocycles. The van der Waals surface area contributed by atoms with Gasteiger partial charge in [-0.25, -0.2) is 17.2 Å². The van der Waals surface area contributed by atoms with Gasteiger partial charge in [-0.15, -0.1) is 0 Å². The largest absolute Gasteiger partial charge is 0.264 e. The Balaban J connectivity index is 2.16. The molecular weight excluding hydrogens is 344 g/mol. The molecule has 1 aromatic heterocycles. The summed E-state index contributed by atoms with van der Waals surface area (Å²) in [6.45, 7) is 1.67. The third kappa shape index (κ3) is 3.44. The van der Waals surface area contributed by atoms with E-state index in [1.54, 1.807) is 37.5 Å². The molecular formula is C19H15F2NO2S. The molecule has 25 heavy (non-hydrogen) atoms. The summed E-state index contributed by atoms with van der Waals surface area (Å²) in [4.78, 5) is 3.73. The molecule has 0 amide bonds. The average molecular weight is 359 g/mol. The number of aromatic nitrogens is 1. The Kier molecular flexibility index (Phi) is 4.39. The van der Waals surface area contributed by atoms with Crippen LogP contribution in [-0.4, -0.2) is 19.7 Å². The minimum absolute atomic E-state index is 0.303. The molecule has 0 unspecified atom stereocenters. The summed E-state index contributed by atoms with van der Waals surface area (Å²) >= 11 is 0. The minimum atomic E-state index is -3.64. The fourth-order valence-corrected chi connectivity index (χ4v) is 3.39.